The fourth-order valence-electron chi connectivity index (χ4n) is 2.81. The Morgan fingerprint density at radius 2 is 2.39 bits per heavy atom. The summed E-state index contributed by atoms with van der Waals surface area (Å²) in [4.78, 5) is 6.08. The molecular weight excluding hydrogens is 260 g/mol. The molecule has 1 aliphatic rings. The minimum atomic E-state index is 0.212. The molecule has 0 aliphatic heterocycles. The quantitative estimate of drug-likeness (QED) is 0.933. The Labute approximate surface area is 116 Å². The highest BCUT2D eigenvalue weighted by Gasteiger charge is 2.27. The fraction of sp³-hybridized carbons (Fsp3) is 0.500. The zero-order chi connectivity index (χ0) is 12.5. The standard InChI is InChI=1S/C14H18N2S2/c1-9-8-18-14(16-9)7-12(15)10-3-2-4-13-11(10)5-6-17-13/h5-6,8,10,12H,2-4,7,15H2,1H3. The molecule has 3 rings (SSSR count). The molecule has 0 amide bonds. The highest BCUT2D eigenvalue weighted by atomic mass is 32.1. The zero-order valence-electron chi connectivity index (χ0n) is 10.6. The van der Waals surface area contributed by atoms with Crippen LogP contribution in [0.25, 0.3) is 0 Å². The van der Waals surface area contributed by atoms with Gasteiger partial charge in [-0.2, -0.15) is 0 Å². The van der Waals surface area contributed by atoms with Gasteiger partial charge in [0.05, 0.1) is 5.01 Å². The average Bonchev–Trinajstić information content (AvgIpc) is 2.97. The first-order valence-corrected chi connectivity index (χ1v) is 8.23. The third-order valence-corrected chi connectivity index (χ3v) is 5.68. The molecule has 2 aromatic rings. The van der Waals surface area contributed by atoms with E-state index < -0.39 is 0 Å². The summed E-state index contributed by atoms with van der Waals surface area (Å²) in [6.45, 7) is 2.04. The van der Waals surface area contributed by atoms with Gasteiger partial charge >= 0.3 is 0 Å². The lowest BCUT2D eigenvalue weighted by Gasteiger charge is -2.27. The number of nitrogens with two attached hydrogens (primary N) is 1. The van der Waals surface area contributed by atoms with Crippen LogP contribution < -0.4 is 5.73 Å². The van der Waals surface area contributed by atoms with Crippen LogP contribution in [0.15, 0.2) is 16.8 Å². The minimum absolute atomic E-state index is 0.212. The Morgan fingerprint density at radius 3 is 3.17 bits per heavy atom. The summed E-state index contributed by atoms with van der Waals surface area (Å²) in [5.74, 6) is 0.532. The number of rotatable bonds is 3. The highest BCUT2D eigenvalue weighted by Crippen LogP contribution is 2.37. The molecule has 0 bridgehead atoms. The predicted octanol–water partition coefficient (Wildman–Crippen LogP) is 3.50. The normalized spacial score (nSPS) is 20.7. The molecule has 0 fully saturated rings. The molecule has 0 aromatic carbocycles. The Bertz CT molecular complexity index is 529. The molecule has 2 N–H and O–H groups in total. The number of thiophene rings is 1. The Hall–Kier alpha value is -0.710. The first-order chi connectivity index (χ1) is 8.74. The van der Waals surface area contributed by atoms with Crippen molar-refractivity contribution in [3.63, 3.8) is 0 Å². The van der Waals surface area contributed by atoms with Gasteiger partial charge in [-0.1, -0.05) is 0 Å². The minimum Gasteiger partial charge on any atom is -0.327 e. The molecule has 2 atom stereocenters. The highest BCUT2D eigenvalue weighted by molar-refractivity contribution is 7.10. The summed E-state index contributed by atoms with van der Waals surface area (Å²) in [6, 6.07) is 2.49. The lowest BCUT2D eigenvalue weighted by molar-refractivity contribution is 0.463. The SMILES string of the molecule is Cc1csc(CC(N)C2CCCc3sccc32)n1. The van der Waals surface area contributed by atoms with Gasteiger partial charge in [0, 0.05) is 34.3 Å². The fourth-order valence-corrected chi connectivity index (χ4v) is 4.65. The van der Waals surface area contributed by atoms with Crippen LogP contribution >= 0.6 is 22.7 Å². The number of hydrogen-bond acceptors (Lipinski definition) is 4. The van der Waals surface area contributed by atoms with E-state index in [2.05, 4.69) is 21.8 Å². The number of aromatic nitrogens is 1. The van der Waals surface area contributed by atoms with Crippen LogP contribution in [0.3, 0.4) is 0 Å². The number of nitrogens with zero attached hydrogens (tertiary/aromatic N) is 1. The molecule has 0 saturated carbocycles. The summed E-state index contributed by atoms with van der Waals surface area (Å²) in [5.41, 5.74) is 9.05. The largest absolute Gasteiger partial charge is 0.327 e. The maximum Gasteiger partial charge on any atom is 0.0943 e. The first-order valence-electron chi connectivity index (χ1n) is 6.47. The molecule has 2 unspecified atom stereocenters. The van der Waals surface area contributed by atoms with Gasteiger partial charge in [-0.25, -0.2) is 4.98 Å². The average molecular weight is 278 g/mol. The molecule has 2 aromatic heterocycles. The summed E-state index contributed by atoms with van der Waals surface area (Å²) >= 11 is 3.63. The Morgan fingerprint density at radius 1 is 1.50 bits per heavy atom. The monoisotopic (exact) mass is 278 g/mol. The molecule has 4 heteroatoms. The van der Waals surface area contributed by atoms with Crippen molar-refractivity contribution in [2.75, 3.05) is 0 Å². The van der Waals surface area contributed by atoms with E-state index in [1.165, 1.54) is 29.8 Å². The maximum absolute atomic E-state index is 6.44. The molecule has 0 spiro atoms. The Balaban J connectivity index is 1.76. The van der Waals surface area contributed by atoms with Gasteiger partial charge in [0.25, 0.3) is 0 Å². The van der Waals surface area contributed by atoms with Crippen molar-refractivity contribution in [1.29, 1.82) is 0 Å². The van der Waals surface area contributed by atoms with E-state index in [1.807, 2.05) is 18.3 Å². The topological polar surface area (TPSA) is 38.9 Å². The molecule has 2 heterocycles. The second-order valence-electron chi connectivity index (χ2n) is 5.05. The molecule has 1 aliphatic carbocycles. The van der Waals surface area contributed by atoms with Gasteiger partial charge in [0.15, 0.2) is 0 Å². The van der Waals surface area contributed by atoms with E-state index >= 15 is 0 Å². The van der Waals surface area contributed by atoms with Crippen molar-refractivity contribution in [2.24, 2.45) is 5.73 Å². The first kappa shape index (κ1) is 12.3. The zero-order valence-corrected chi connectivity index (χ0v) is 12.2. The van der Waals surface area contributed by atoms with Gasteiger partial charge in [-0.15, -0.1) is 22.7 Å². The van der Waals surface area contributed by atoms with Gasteiger partial charge in [-0.3, -0.25) is 0 Å². The lowest BCUT2D eigenvalue weighted by atomic mass is 9.82. The van der Waals surface area contributed by atoms with E-state index in [0.717, 1.165) is 12.1 Å². The molecule has 96 valence electrons. The van der Waals surface area contributed by atoms with E-state index in [4.69, 9.17) is 5.73 Å². The van der Waals surface area contributed by atoms with Crippen LogP contribution in [0, 0.1) is 6.92 Å². The molecule has 0 radical (unpaired) electrons. The second-order valence-corrected chi connectivity index (χ2v) is 6.99. The summed E-state index contributed by atoms with van der Waals surface area (Å²) < 4.78 is 0. The third kappa shape index (κ3) is 2.37. The number of fused-ring (bicyclic) bond motifs is 1. The number of thiazole rings is 1. The van der Waals surface area contributed by atoms with Crippen molar-refractivity contribution in [3.8, 4) is 0 Å². The number of aryl methyl sites for hydroxylation is 2. The van der Waals surface area contributed by atoms with Crippen molar-refractivity contribution in [2.45, 2.75) is 44.6 Å². The number of hydrogen-bond donors (Lipinski definition) is 1. The molecule has 0 saturated heterocycles. The van der Waals surface area contributed by atoms with Crippen LogP contribution in [-0.4, -0.2) is 11.0 Å². The second kappa shape index (κ2) is 5.11. The summed E-state index contributed by atoms with van der Waals surface area (Å²) in [7, 11) is 0. The van der Waals surface area contributed by atoms with Gasteiger partial charge in [0.2, 0.25) is 0 Å². The van der Waals surface area contributed by atoms with Gasteiger partial charge < -0.3 is 5.73 Å². The molecule has 18 heavy (non-hydrogen) atoms. The van der Waals surface area contributed by atoms with Crippen LogP contribution in [0.5, 0.6) is 0 Å². The predicted molar refractivity (Wildman–Crippen MR) is 78.5 cm³/mol. The van der Waals surface area contributed by atoms with Gasteiger partial charge in [0.1, 0.15) is 0 Å². The van der Waals surface area contributed by atoms with Crippen molar-refractivity contribution in [1.82, 2.24) is 4.98 Å². The van der Waals surface area contributed by atoms with E-state index in [9.17, 15) is 0 Å². The van der Waals surface area contributed by atoms with Crippen molar-refractivity contribution >= 4 is 22.7 Å². The third-order valence-electron chi connectivity index (χ3n) is 3.69. The maximum atomic E-state index is 6.44. The van der Waals surface area contributed by atoms with Crippen LogP contribution in [-0.2, 0) is 12.8 Å². The van der Waals surface area contributed by atoms with Crippen LogP contribution in [0.2, 0.25) is 0 Å². The Kier molecular flexibility index (Phi) is 3.50. The molecular formula is C14H18N2S2. The van der Waals surface area contributed by atoms with Gasteiger partial charge in [-0.05, 0) is 43.2 Å². The van der Waals surface area contributed by atoms with Crippen LogP contribution in [0.1, 0.15) is 39.9 Å². The summed E-state index contributed by atoms with van der Waals surface area (Å²) in [5, 5.41) is 5.50. The lowest BCUT2D eigenvalue weighted by Crippen LogP contribution is -2.32. The summed E-state index contributed by atoms with van der Waals surface area (Å²) in [6.07, 6.45) is 4.67. The van der Waals surface area contributed by atoms with Crippen molar-refractivity contribution < 1.29 is 0 Å². The smallest absolute Gasteiger partial charge is 0.0943 e. The van der Waals surface area contributed by atoms with Crippen molar-refractivity contribution in [3.05, 3.63) is 38.0 Å². The van der Waals surface area contributed by atoms with E-state index in [1.54, 1.807) is 16.2 Å². The van der Waals surface area contributed by atoms with Crippen LogP contribution in [0.4, 0.5) is 0 Å². The molecule has 2 nitrogen and oxygen atoms in total. The van der Waals surface area contributed by atoms with E-state index in [-0.39, 0.29) is 6.04 Å². The van der Waals surface area contributed by atoms with E-state index in [0.29, 0.717) is 5.92 Å².